The Kier molecular flexibility index (Phi) is 3.85. The van der Waals surface area contributed by atoms with Crippen molar-refractivity contribution in [2.45, 2.75) is 13.2 Å². The topological polar surface area (TPSA) is 72.8 Å². The summed E-state index contributed by atoms with van der Waals surface area (Å²) in [5.74, 6) is -1.33. The van der Waals surface area contributed by atoms with E-state index in [9.17, 15) is 14.7 Å². The number of carbonyl (C=O) groups excluding carboxylic acids is 2. The van der Waals surface area contributed by atoms with Crippen molar-refractivity contribution in [3.8, 4) is 5.75 Å². The fourth-order valence-electron chi connectivity index (χ4n) is 2.23. The maximum absolute atomic E-state index is 12.1. The number of rotatable bonds is 2. The van der Waals surface area contributed by atoms with Crippen LogP contribution in [0.15, 0.2) is 54.1 Å². The van der Waals surface area contributed by atoms with Gasteiger partial charge in [-0.3, -0.25) is 0 Å². The summed E-state index contributed by atoms with van der Waals surface area (Å²) >= 11 is 0. The monoisotopic (exact) mass is 310 g/mol. The molecule has 0 radical (unpaired) electrons. The number of phenolic OH excluding ortho intramolecular Hbond substituents is 1. The summed E-state index contributed by atoms with van der Waals surface area (Å²) in [6.07, 6.45) is 0.355. The first-order valence-corrected chi connectivity index (χ1v) is 7.03. The normalized spacial score (nSPS) is 17.4. The lowest BCUT2D eigenvalue weighted by Gasteiger charge is -2.23. The predicted molar refractivity (Wildman–Crippen MR) is 82.2 cm³/mol. The molecule has 0 amide bonds. The second kappa shape index (κ2) is 5.96. The number of hydrogen-bond donors (Lipinski definition) is 1. The van der Waals surface area contributed by atoms with Crippen LogP contribution < -0.4 is 0 Å². The highest BCUT2D eigenvalue weighted by atomic mass is 16.7. The van der Waals surface area contributed by atoms with Crippen molar-refractivity contribution in [2.24, 2.45) is 0 Å². The maximum atomic E-state index is 12.1. The van der Waals surface area contributed by atoms with Gasteiger partial charge in [0, 0.05) is 5.56 Å². The lowest BCUT2D eigenvalue weighted by atomic mass is 10.1. The number of benzene rings is 2. The summed E-state index contributed by atoms with van der Waals surface area (Å²) in [5, 5.41) is 9.51. The molecule has 5 nitrogen and oxygen atoms in total. The predicted octanol–water partition coefficient (Wildman–Crippen LogP) is 2.88. The fraction of sp³-hybridized carbons (Fsp3) is 0.111. The van der Waals surface area contributed by atoms with Crippen LogP contribution in [0, 0.1) is 6.92 Å². The molecule has 3 rings (SSSR count). The Morgan fingerprint density at radius 1 is 1.00 bits per heavy atom. The molecule has 1 fully saturated rings. The summed E-state index contributed by atoms with van der Waals surface area (Å²) in [5.41, 5.74) is 1.65. The lowest BCUT2D eigenvalue weighted by molar-refractivity contribution is -0.195. The van der Waals surface area contributed by atoms with Crippen LogP contribution in [0.5, 0.6) is 5.75 Å². The molecular formula is C18H14O5. The van der Waals surface area contributed by atoms with Crippen LogP contribution in [-0.4, -0.2) is 17.0 Å². The summed E-state index contributed by atoms with van der Waals surface area (Å²) in [6.45, 7) is 1.72. The van der Waals surface area contributed by atoms with Gasteiger partial charge in [0.2, 0.25) is 0 Å². The van der Waals surface area contributed by atoms with Crippen molar-refractivity contribution in [3.05, 3.63) is 70.8 Å². The third-order valence-corrected chi connectivity index (χ3v) is 3.47. The van der Waals surface area contributed by atoms with E-state index in [-0.39, 0.29) is 11.3 Å². The largest absolute Gasteiger partial charge is 0.508 e. The minimum absolute atomic E-state index is 0.144. The Balaban J connectivity index is 1.85. The molecule has 0 saturated carbocycles. The molecule has 0 aromatic heterocycles. The molecule has 116 valence electrons. The molecule has 1 N–H and O–H groups in total. The van der Waals surface area contributed by atoms with E-state index in [1.165, 1.54) is 12.1 Å². The average Bonchev–Trinajstić information content (AvgIpc) is 2.55. The highest BCUT2D eigenvalue weighted by molar-refractivity contribution is 6.18. The molecule has 0 bridgehead atoms. The third kappa shape index (κ3) is 3.08. The molecule has 1 saturated heterocycles. The van der Waals surface area contributed by atoms with E-state index in [4.69, 9.17) is 9.47 Å². The van der Waals surface area contributed by atoms with Gasteiger partial charge in [-0.1, -0.05) is 36.4 Å². The number of ether oxygens (including phenoxy) is 2. The fourth-order valence-corrected chi connectivity index (χ4v) is 2.23. The highest BCUT2D eigenvalue weighted by Crippen LogP contribution is 2.28. The van der Waals surface area contributed by atoms with Gasteiger partial charge in [0.05, 0.1) is 0 Å². The van der Waals surface area contributed by atoms with Crippen molar-refractivity contribution < 1.29 is 24.2 Å². The zero-order chi connectivity index (χ0) is 16.4. The minimum Gasteiger partial charge on any atom is -0.508 e. The Bertz CT molecular complexity index is 772. The molecular weight excluding hydrogens is 296 g/mol. The molecule has 2 aromatic rings. The first-order chi connectivity index (χ1) is 11.0. The maximum Gasteiger partial charge on any atom is 0.348 e. The standard InChI is InChI=1S/C18H14O5/c1-11-9-12(7-8-15(11)19)10-14-16(20)22-18(23-17(14)21)13-5-3-2-4-6-13/h2-10,18-19H,1H3. The summed E-state index contributed by atoms with van der Waals surface area (Å²) in [6, 6.07) is 13.5. The van der Waals surface area contributed by atoms with E-state index in [0.717, 1.165) is 0 Å². The van der Waals surface area contributed by atoms with Crippen LogP contribution in [0.4, 0.5) is 0 Å². The molecule has 23 heavy (non-hydrogen) atoms. The molecule has 1 aliphatic rings. The van der Waals surface area contributed by atoms with Gasteiger partial charge in [0.15, 0.2) is 0 Å². The van der Waals surface area contributed by atoms with E-state index < -0.39 is 18.2 Å². The SMILES string of the molecule is Cc1cc(C=C2C(=O)OC(c3ccccc3)OC2=O)ccc1O. The first kappa shape index (κ1) is 14.8. The average molecular weight is 310 g/mol. The van der Waals surface area contributed by atoms with Crippen LogP contribution in [0.1, 0.15) is 23.0 Å². The van der Waals surface area contributed by atoms with E-state index in [1.54, 1.807) is 43.3 Å². The molecule has 2 aromatic carbocycles. The van der Waals surface area contributed by atoms with Gasteiger partial charge >= 0.3 is 11.9 Å². The second-order valence-corrected chi connectivity index (χ2v) is 5.16. The molecule has 5 heteroatoms. The number of hydrogen-bond acceptors (Lipinski definition) is 5. The van der Waals surface area contributed by atoms with Gasteiger partial charge in [-0.15, -0.1) is 0 Å². The Morgan fingerprint density at radius 2 is 1.65 bits per heavy atom. The zero-order valence-electron chi connectivity index (χ0n) is 12.4. The van der Waals surface area contributed by atoms with Crippen LogP contribution in [0.25, 0.3) is 6.08 Å². The Hall–Kier alpha value is -3.08. The van der Waals surface area contributed by atoms with Crippen molar-refractivity contribution in [1.82, 2.24) is 0 Å². The van der Waals surface area contributed by atoms with E-state index in [1.807, 2.05) is 6.07 Å². The highest BCUT2D eigenvalue weighted by Gasteiger charge is 2.34. The van der Waals surface area contributed by atoms with Crippen molar-refractivity contribution in [2.75, 3.05) is 0 Å². The second-order valence-electron chi connectivity index (χ2n) is 5.16. The molecule has 1 heterocycles. The van der Waals surface area contributed by atoms with E-state index in [0.29, 0.717) is 16.7 Å². The quantitative estimate of drug-likeness (QED) is 0.524. The smallest absolute Gasteiger partial charge is 0.348 e. The number of aryl methyl sites for hydroxylation is 1. The van der Waals surface area contributed by atoms with Gasteiger partial charge in [-0.05, 0) is 36.3 Å². The molecule has 0 atom stereocenters. The molecule has 0 aliphatic carbocycles. The first-order valence-electron chi connectivity index (χ1n) is 7.03. The molecule has 0 unspecified atom stereocenters. The number of esters is 2. The number of phenols is 1. The Labute approximate surface area is 132 Å². The van der Waals surface area contributed by atoms with Crippen molar-refractivity contribution in [1.29, 1.82) is 0 Å². The zero-order valence-corrected chi connectivity index (χ0v) is 12.4. The van der Waals surface area contributed by atoms with Crippen LogP contribution in [-0.2, 0) is 19.1 Å². The van der Waals surface area contributed by atoms with Gasteiger partial charge < -0.3 is 14.6 Å². The van der Waals surface area contributed by atoms with Crippen LogP contribution >= 0.6 is 0 Å². The Morgan fingerprint density at radius 3 is 2.26 bits per heavy atom. The summed E-state index contributed by atoms with van der Waals surface area (Å²) < 4.78 is 10.4. The summed E-state index contributed by atoms with van der Waals surface area (Å²) in [7, 11) is 0. The lowest BCUT2D eigenvalue weighted by Crippen LogP contribution is -2.29. The summed E-state index contributed by atoms with van der Waals surface area (Å²) in [4.78, 5) is 24.2. The van der Waals surface area contributed by atoms with Crippen molar-refractivity contribution in [3.63, 3.8) is 0 Å². The minimum atomic E-state index is -1.03. The number of carbonyl (C=O) groups is 2. The van der Waals surface area contributed by atoms with Crippen LogP contribution in [0.3, 0.4) is 0 Å². The third-order valence-electron chi connectivity index (χ3n) is 3.47. The molecule has 1 aliphatic heterocycles. The van der Waals surface area contributed by atoms with E-state index in [2.05, 4.69) is 0 Å². The number of cyclic esters (lactones) is 2. The van der Waals surface area contributed by atoms with Gasteiger partial charge in [-0.25, -0.2) is 9.59 Å². The number of aromatic hydroxyl groups is 1. The van der Waals surface area contributed by atoms with Gasteiger partial charge in [-0.2, -0.15) is 0 Å². The van der Waals surface area contributed by atoms with E-state index >= 15 is 0 Å². The van der Waals surface area contributed by atoms with Gasteiger partial charge in [0.25, 0.3) is 6.29 Å². The molecule has 0 spiro atoms. The van der Waals surface area contributed by atoms with Crippen LogP contribution in [0.2, 0.25) is 0 Å². The van der Waals surface area contributed by atoms with Gasteiger partial charge in [0.1, 0.15) is 11.3 Å². The van der Waals surface area contributed by atoms with Crippen molar-refractivity contribution >= 4 is 18.0 Å².